The second-order valence-corrected chi connectivity index (χ2v) is 5.97. The first kappa shape index (κ1) is 16.0. The molecule has 1 aliphatic rings. The van der Waals surface area contributed by atoms with Crippen molar-refractivity contribution in [2.75, 3.05) is 12.1 Å². The summed E-state index contributed by atoms with van der Waals surface area (Å²) in [7, 11) is -4.46. The lowest BCUT2D eigenvalue weighted by atomic mass is 10.2. The number of nitrogens with zero attached hydrogens (tertiary/aromatic N) is 2. The Hall–Kier alpha value is -1.33. The number of nitrogen functional groups attached to an aromatic ring is 1. The highest BCUT2D eigenvalue weighted by Crippen LogP contribution is 2.37. The normalized spacial score (nSPS) is 29.7. The first-order valence-corrected chi connectivity index (χ1v) is 7.51. The number of hydrogen-bond acceptors (Lipinski definition) is 8. The molecule has 118 valence electrons. The summed E-state index contributed by atoms with van der Waals surface area (Å²) in [6.45, 7) is 0. The molecule has 0 unspecified atom stereocenters. The van der Waals surface area contributed by atoms with Crippen molar-refractivity contribution in [1.82, 2.24) is 9.55 Å². The average molecular weight is 323 g/mol. The van der Waals surface area contributed by atoms with Crippen LogP contribution >= 0.6 is 7.60 Å². The van der Waals surface area contributed by atoms with Gasteiger partial charge < -0.3 is 35.2 Å². The van der Waals surface area contributed by atoms with E-state index >= 15 is 0 Å². The summed E-state index contributed by atoms with van der Waals surface area (Å²) in [5.74, 6) is -0.0291. The molecular formula is C9H14N3O8P. The van der Waals surface area contributed by atoms with Crippen LogP contribution in [-0.4, -0.2) is 54.4 Å². The van der Waals surface area contributed by atoms with Crippen molar-refractivity contribution in [2.45, 2.75) is 24.7 Å². The Kier molecular flexibility index (Phi) is 4.44. The molecule has 0 bridgehead atoms. The van der Waals surface area contributed by atoms with Gasteiger partial charge in [-0.05, 0) is 6.07 Å². The topological polar surface area (TPSA) is 177 Å². The minimum absolute atomic E-state index is 0.0291. The van der Waals surface area contributed by atoms with E-state index in [-0.39, 0.29) is 5.82 Å². The number of aromatic nitrogens is 2. The molecule has 2 rings (SSSR count). The minimum Gasteiger partial charge on any atom is -0.385 e. The number of aliphatic hydroxyl groups is 2. The summed E-state index contributed by atoms with van der Waals surface area (Å²) >= 11 is 0. The highest BCUT2D eigenvalue weighted by Gasteiger charge is 2.45. The van der Waals surface area contributed by atoms with Crippen LogP contribution in [0.5, 0.6) is 0 Å². The zero-order valence-corrected chi connectivity index (χ0v) is 11.4. The number of hydrogen-bond donors (Lipinski definition) is 5. The zero-order chi connectivity index (χ0) is 15.8. The largest absolute Gasteiger partial charge is 0.385 e. The number of aliphatic hydroxyl groups excluding tert-OH is 2. The van der Waals surface area contributed by atoms with Gasteiger partial charge in [-0.25, -0.2) is 4.79 Å². The third kappa shape index (κ3) is 3.66. The lowest BCUT2D eigenvalue weighted by Crippen LogP contribution is -2.36. The Labute approximate surface area is 117 Å². The Morgan fingerprint density at radius 1 is 1.43 bits per heavy atom. The molecule has 1 aliphatic heterocycles. The molecule has 0 aliphatic carbocycles. The van der Waals surface area contributed by atoms with E-state index in [1.54, 1.807) is 0 Å². The van der Waals surface area contributed by atoms with Gasteiger partial charge in [0.25, 0.3) is 0 Å². The van der Waals surface area contributed by atoms with Crippen molar-refractivity contribution in [3.05, 3.63) is 22.7 Å². The fraction of sp³-hybridized carbons (Fsp3) is 0.556. The molecule has 1 saturated heterocycles. The van der Waals surface area contributed by atoms with Gasteiger partial charge in [0.05, 0.1) is 0 Å². The highest BCUT2D eigenvalue weighted by atomic mass is 31.2. The number of rotatable bonds is 4. The number of nitrogens with two attached hydrogens (primary N) is 1. The van der Waals surface area contributed by atoms with Gasteiger partial charge in [0.2, 0.25) is 0 Å². The lowest BCUT2D eigenvalue weighted by molar-refractivity contribution is -0.168. The average Bonchev–Trinajstić information content (AvgIpc) is 2.64. The van der Waals surface area contributed by atoms with Gasteiger partial charge in [0.15, 0.2) is 18.9 Å². The molecule has 1 aromatic rings. The third-order valence-corrected chi connectivity index (χ3v) is 3.21. The summed E-state index contributed by atoms with van der Waals surface area (Å²) in [6.07, 6.45) is -5.75. The van der Waals surface area contributed by atoms with Crippen LogP contribution in [-0.2, 0) is 14.0 Å². The summed E-state index contributed by atoms with van der Waals surface area (Å²) in [5.41, 5.74) is 4.50. The second kappa shape index (κ2) is 5.81. The van der Waals surface area contributed by atoms with Crippen molar-refractivity contribution < 1.29 is 34.0 Å². The van der Waals surface area contributed by atoms with Crippen LogP contribution < -0.4 is 11.4 Å². The quantitative estimate of drug-likeness (QED) is 0.374. The highest BCUT2D eigenvalue weighted by molar-refractivity contribution is 7.51. The molecule has 1 aromatic heterocycles. The number of ether oxygens (including phenoxy) is 2. The van der Waals surface area contributed by atoms with Crippen molar-refractivity contribution in [1.29, 1.82) is 0 Å². The van der Waals surface area contributed by atoms with Gasteiger partial charge in [0.1, 0.15) is 18.0 Å². The van der Waals surface area contributed by atoms with Crippen LogP contribution in [0, 0.1) is 0 Å². The standard InChI is InChI=1S/C9H14N3O8P/c10-4-1-2-12(9(15)11-4)7-5(13)6(14)8(20-7)19-3-21(16,17)18/h1-2,5-8,13-14H,3H2,(H2,10,11,15)(H2,16,17,18)/t5-,6+,7-,8+/m1/s1. The van der Waals surface area contributed by atoms with Crippen LogP contribution in [0.25, 0.3) is 0 Å². The molecular weight excluding hydrogens is 309 g/mol. The predicted octanol–water partition coefficient (Wildman–Crippen LogP) is -2.45. The lowest BCUT2D eigenvalue weighted by Gasteiger charge is -2.16. The minimum atomic E-state index is -4.46. The van der Waals surface area contributed by atoms with Crippen LogP contribution in [0.2, 0.25) is 0 Å². The van der Waals surface area contributed by atoms with Crippen LogP contribution in [0.1, 0.15) is 6.23 Å². The molecule has 0 saturated carbocycles. The number of anilines is 1. The molecule has 0 aromatic carbocycles. The molecule has 2 heterocycles. The van der Waals surface area contributed by atoms with E-state index in [0.717, 1.165) is 4.57 Å². The maximum absolute atomic E-state index is 11.6. The van der Waals surface area contributed by atoms with Gasteiger partial charge >= 0.3 is 13.3 Å². The summed E-state index contributed by atoms with van der Waals surface area (Å²) in [6, 6.07) is 1.29. The van der Waals surface area contributed by atoms with Crippen molar-refractivity contribution in [3.63, 3.8) is 0 Å². The Morgan fingerprint density at radius 3 is 2.67 bits per heavy atom. The van der Waals surface area contributed by atoms with E-state index < -0.39 is 44.4 Å². The summed E-state index contributed by atoms with van der Waals surface area (Å²) in [5, 5.41) is 19.6. The Balaban J connectivity index is 2.16. The maximum atomic E-state index is 11.6. The van der Waals surface area contributed by atoms with E-state index in [2.05, 4.69) is 4.98 Å². The van der Waals surface area contributed by atoms with Gasteiger partial charge in [-0.15, -0.1) is 0 Å². The Morgan fingerprint density at radius 2 is 2.10 bits per heavy atom. The van der Waals surface area contributed by atoms with Gasteiger partial charge in [0, 0.05) is 6.20 Å². The van der Waals surface area contributed by atoms with Crippen molar-refractivity contribution >= 4 is 13.4 Å². The maximum Gasteiger partial charge on any atom is 0.351 e. The second-order valence-electron chi connectivity index (χ2n) is 4.38. The van der Waals surface area contributed by atoms with Gasteiger partial charge in [-0.1, -0.05) is 0 Å². The summed E-state index contributed by atoms with van der Waals surface area (Å²) < 4.78 is 21.4. The van der Waals surface area contributed by atoms with Crippen molar-refractivity contribution in [3.8, 4) is 0 Å². The molecule has 0 amide bonds. The monoisotopic (exact) mass is 323 g/mol. The van der Waals surface area contributed by atoms with E-state index in [4.69, 9.17) is 25.0 Å². The molecule has 0 spiro atoms. The van der Waals surface area contributed by atoms with Crippen LogP contribution in [0.15, 0.2) is 17.1 Å². The smallest absolute Gasteiger partial charge is 0.351 e. The molecule has 1 fully saturated rings. The van der Waals surface area contributed by atoms with E-state index in [1.807, 2.05) is 0 Å². The fourth-order valence-corrected chi connectivity index (χ4v) is 2.13. The Bertz CT molecular complexity index is 615. The summed E-state index contributed by atoms with van der Waals surface area (Å²) in [4.78, 5) is 32.5. The first-order chi connectivity index (χ1) is 9.69. The predicted molar refractivity (Wildman–Crippen MR) is 66.8 cm³/mol. The molecule has 21 heavy (non-hydrogen) atoms. The van der Waals surface area contributed by atoms with Gasteiger partial charge in [-0.3, -0.25) is 9.13 Å². The van der Waals surface area contributed by atoms with Crippen LogP contribution in [0.4, 0.5) is 5.82 Å². The molecule has 0 radical (unpaired) electrons. The molecule has 6 N–H and O–H groups in total. The molecule has 11 nitrogen and oxygen atoms in total. The third-order valence-electron chi connectivity index (χ3n) is 2.73. The van der Waals surface area contributed by atoms with Gasteiger partial charge in [-0.2, -0.15) is 4.98 Å². The molecule has 12 heteroatoms. The van der Waals surface area contributed by atoms with E-state index in [0.29, 0.717) is 0 Å². The van der Waals surface area contributed by atoms with E-state index in [1.165, 1.54) is 12.3 Å². The van der Waals surface area contributed by atoms with Crippen molar-refractivity contribution in [2.24, 2.45) is 0 Å². The fourth-order valence-electron chi connectivity index (χ4n) is 1.79. The first-order valence-electron chi connectivity index (χ1n) is 5.71. The van der Waals surface area contributed by atoms with Crippen LogP contribution in [0.3, 0.4) is 0 Å². The SMILES string of the molecule is Nc1ccn([C@@H]2O[C@H](OCP(=O)(O)O)[C@@H](O)[C@H]2O)c(=O)n1. The van der Waals surface area contributed by atoms with E-state index in [9.17, 15) is 19.6 Å². The zero-order valence-electron chi connectivity index (χ0n) is 10.5. The molecule has 4 atom stereocenters.